The Morgan fingerprint density at radius 1 is 1.00 bits per heavy atom. The summed E-state index contributed by atoms with van der Waals surface area (Å²) in [6.45, 7) is 9.78. The zero-order valence-electron chi connectivity index (χ0n) is 10.1. The van der Waals surface area contributed by atoms with Crippen molar-refractivity contribution in [1.82, 2.24) is 4.90 Å². The smallest absolute Gasteiger partial charge is 0.0524 e. The van der Waals surface area contributed by atoms with Crippen molar-refractivity contribution in [1.29, 1.82) is 0 Å². The minimum Gasteiger partial charge on any atom is -0.393 e. The van der Waals surface area contributed by atoms with Gasteiger partial charge >= 0.3 is 0 Å². The van der Waals surface area contributed by atoms with E-state index in [1.807, 2.05) is 6.92 Å². The summed E-state index contributed by atoms with van der Waals surface area (Å²) >= 11 is 0. The molecule has 0 saturated carbocycles. The monoisotopic (exact) mass is 201 g/mol. The second-order valence-electron chi connectivity index (χ2n) is 4.19. The van der Waals surface area contributed by atoms with Crippen LogP contribution in [0.25, 0.3) is 0 Å². The van der Waals surface area contributed by atoms with Gasteiger partial charge in [0.15, 0.2) is 0 Å². The van der Waals surface area contributed by atoms with E-state index >= 15 is 0 Å². The first-order valence-electron chi connectivity index (χ1n) is 6.11. The van der Waals surface area contributed by atoms with E-state index < -0.39 is 0 Å². The molecule has 0 spiro atoms. The molecular formula is C12H27NO. The first-order valence-corrected chi connectivity index (χ1v) is 6.11. The van der Waals surface area contributed by atoms with Crippen LogP contribution in [0.3, 0.4) is 0 Å². The highest BCUT2D eigenvalue weighted by atomic mass is 16.3. The average Bonchev–Trinajstić information content (AvgIpc) is 2.16. The standard InChI is InChI=1S/C12H27NO/c1-4-6-9-13(10-7-5-2)11-8-12(3)14/h12,14H,4-11H2,1-3H3. The van der Waals surface area contributed by atoms with Gasteiger partial charge < -0.3 is 10.0 Å². The minimum atomic E-state index is -0.152. The number of aliphatic hydroxyl groups excluding tert-OH is 1. The summed E-state index contributed by atoms with van der Waals surface area (Å²) < 4.78 is 0. The fraction of sp³-hybridized carbons (Fsp3) is 1.00. The number of unbranched alkanes of at least 4 members (excludes halogenated alkanes) is 2. The molecule has 0 fully saturated rings. The molecule has 1 N–H and O–H groups in total. The molecule has 0 aromatic rings. The van der Waals surface area contributed by atoms with Crippen molar-refractivity contribution in [2.45, 2.75) is 59.0 Å². The number of aliphatic hydroxyl groups is 1. The summed E-state index contributed by atoms with van der Waals surface area (Å²) in [5, 5.41) is 9.23. The summed E-state index contributed by atoms with van der Waals surface area (Å²) in [6.07, 6.45) is 5.84. The van der Waals surface area contributed by atoms with Gasteiger partial charge in [0.05, 0.1) is 6.10 Å². The largest absolute Gasteiger partial charge is 0.393 e. The number of rotatable bonds is 9. The van der Waals surface area contributed by atoms with E-state index in [4.69, 9.17) is 0 Å². The summed E-state index contributed by atoms with van der Waals surface area (Å²) in [4.78, 5) is 2.49. The first-order chi connectivity index (χ1) is 6.70. The first kappa shape index (κ1) is 13.9. The van der Waals surface area contributed by atoms with Gasteiger partial charge in [0.2, 0.25) is 0 Å². The maximum absolute atomic E-state index is 9.23. The molecule has 0 aromatic heterocycles. The molecule has 0 rings (SSSR count). The molecule has 0 aliphatic heterocycles. The van der Waals surface area contributed by atoms with Crippen molar-refractivity contribution in [3.05, 3.63) is 0 Å². The number of nitrogens with zero attached hydrogens (tertiary/aromatic N) is 1. The maximum Gasteiger partial charge on any atom is 0.0524 e. The number of hydrogen-bond donors (Lipinski definition) is 1. The Morgan fingerprint density at radius 3 is 1.86 bits per heavy atom. The van der Waals surface area contributed by atoms with Crippen molar-refractivity contribution in [3.8, 4) is 0 Å². The van der Waals surface area contributed by atoms with Crippen molar-refractivity contribution in [2.75, 3.05) is 19.6 Å². The van der Waals surface area contributed by atoms with Crippen LogP contribution >= 0.6 is 0 Å². The molecule has 0 heterocycles. The molecule has 0 radical (unpaired) electrons. The van der Waals surface area contributed by atoms with Gasteiger partial charge in [-0.2, -0.15) is 0 Å². The quantitative estimate of drug-likeness (QED) is 0.620. The molecule has 0 amide bonds. The predicted octanol–water partition coefficient (Wildman–Crippen LogP) is 2.66. The molecule has 1 atom stereocenters. The fourth-order valence-electron chi connectivity index (χ4n) is 1.47. The van der Waals surface area contributed by atoms with Crippen LogP contribution in [0.2, 0.25) is 0 Å². The lowest BCUT2D eigenvalue weighted by Gasteiger charge is -2.22. The van der Waals surface area contributed by atoms with Crippen LogP contribution in [0.5, 0.6) is 0 Å². The zero-order valence-corrected chi connectivity index (χ0v) is 10.1. The Bertz CT molecular complexity index is 107. The van der Waals surface area contributed by atoms with E-state index in [-0.39, 0.29) is 6.10 Å². The molecule has 0 bridgehead atoms. The van der Waals surface area contributed by atoms with Crippen LogP contribution in [-0.4, -0.2) is 35.7 Å². The van der Waals surface area contributed by atoms with Crippen LogP contribution < -0.4 is 0 Å². The molecule has 0 aliphatic carbocycles. The second-order valence-corrected chi connectivity index (χ2v) is 4.19. The van der Waals surface area contributed by atoms with E-state index in [0.29, 0.717) is 0 Å². The van der Waals surface area contributed by atoms with Crippen molar-refractivity contribution < 1.29 is 5.11 Å². The van der Waals surface area contributed by atoms with Gasteiger partial charge in [-0.15, -0.1) is 0 Å². The van der Waals surface area contributed by atoms with Crippen LogP contribution in [-0.2, 0) is 0 Å². The summed E-state index contributed by atoms with van der Waals surface area (Å²) in [7, 11) is 0. The molecule has 2 heteroatoms. The lowest BCUT2D eigenvalue weighted by atomic mass is 10.2. The Kier molecular flexibility index (Phi) is 9.42. The van der Waals surface area contributed by atoms with Gasteiger partial charge in [-0.05, 0) is 39.3 Å². The third kappa shape index (κ3) is 8.52. The maximum atomic E-state index is 9.23. The normalized spacial score (nSPS) is 13.5. The summed E-state index contributed by atoms with van der Waals surface area (Å²) in [5.74, 6) is 0. The van der Waals surface area contributed by atoms with Crippen molar-refractivity contribution in [3.63, 3.8) is 0 Å². The van der Waals surface area contributed by atoms with Crippen LogP contribution in [0.15, 0.2) is 0 Å². The second kappa shape index (κ2) is 9.47. The molecule has 86 valence electrons. The lowest BCUT2D eigenvalue weighted by Crippen LogP contribution is -2.29. The van der Waals surface area contributed by atoms with Crippen molar-refractivity contribution in [2.24, 2.45) is 0 Å². The predicted molar refractivity (Wildman–Crippen MR) is 62.6 cm³/mol. The molecular weight excluding hydrogens is 174 g/mol. The molecule has 2 nitrogen and oxygen atoms in total. The van der Waals surface area contributed by atoms with Crippen LogP contribution in [0, 0.1) is 0 Å². The fourth-order valence-corrected chi connectivity index (χ4v) is 1.47. The van der Waals surface area contributed by atoms with E-state index in [9.17, 15) is 5.11 Å². The van der Waals surface area contributed by atoms with E-state index in [2.05, 4.69) is 18.7 Å². The molecule has 14 heavy (non-hydrogen) atoms. The molecule has 0 aliphatic rings. The highest BCUT2D eigenvalue weighted by Gasteiger charge is 2.05. The lowest BCUT2D eigenvalue weighted by molar-refractivity contribution is 0.154. The van der Waals surface area contributed by atoms with E-state index in [0.717, 1.165) is 13.0 Å². The SMILES string of the molecule is CCCCN(CCCC)CCC(C)O. The minimum absolute atomic E-state index is 0.152. The van der Waals surface area contributed by atoms with Gasteiger partial charge in [0.1, 0.15) is 0 Å². The summed E-state index contributed by atoms with van der Waals surface area (Å²) in [6, 6.07) is 0. The number of hydrogen-bond acceptors (Lipinski definition) is 2. The molecule has 0 saturated heterocycles. The Balaban J connectivity index is 3.60. The average molecular weight is 201 g/mol. The van der Waals surface area contributed by atoms with Crippen LogP contribution in [0.4, 0.5) is 0 Å². The van der Waals surface area contributed by atoms with Gasteiger partial charge in [-0.3, -0.25) is 0 Å². The van der Waals surface area contributed by atoms with Gasteiger partial charge in [-0.25, -0.2) is 0 Å². The van der Waals surface area contributed by atoms with Crippen LogP contribution in [0.1, 0.15) is 52.9 Å². The van der Waals surface area contributed by atoms with Crippen molar-refractivity contribution >= 4 is 0 Å². The Morgan fingerprint density at radius 2 is 1.50 bits per heavy atom. The highest BCUT2D eigenvalue weighted by molar-refractivity contribution is 4.60. The molecule has 0 aromatic carbocycles. The van der Waals surface area contributed by atoms with Gasteiger partial charge in [0, 0.05) is 6.54 Å². The van der Waals surface area contributed by atoms with E-state index in [1.165, 1.54) is 38.8 Å². The molecule has 1 unspecified atom stereocenters. The van der Waals surface area contributed by atoms with Gasteiger partial charge in [-0.1, -0.05) is 26.7 Å². The topological polar surface area (TPSA) is 23.5 Å². The Labute approximate surface area is 89.3 Å². The van der Waals surface area contributed by atoms with E-state index in [1.54, 1.807) is 0 Å². The third-order valence-electron chi connectivity index (χ3n) is 2.52. The third-order valence-corrected chi connectivity index (χ3v) is 2.52. The summed E-state index contributed by atoms with van der Waals surface area (Å²) in [5.41, 5.74) is 0. The zero-order chi connectivity index (χ0) is 10.8. The Hall–Kier alpha value is -0.0800. The highest BCUT2D eigenvalue weighted by Crippen LogP contribution is 2.02. The van der Waals surface area contributed by atoms with Gasteiger partial charge in [0.25, 0.3) is 0 Å².